The van der Waals surface area contributed by atoms with E-state index >= 15 is 0 Å². The Hall–Kier alpha value is -3.22. The zero-order valence-electron chi connectivity index (χ0n) is 18.6. The summed E-state index contributed by atoms with van der Waals surface area (Å²) < 4.78 is 17.0. The van der Waals surface area contributed by atoms with Gasteiger partial charge in [0, 0.05) is 29.8 Å². The highest BCUT2D eigenvalue weighted by molar-refractivity contribution is 5.94. The van der Waals surface area contributed by atoms with Gasteiger partial charge >= 0.3 is 0 Å². The second kappa shape index (κ2) is 9.94. The van der Waals surface area contributed by atoms with Gasteiger partial charge in [-0.1, -0.05) is 12.1 Å². The van der Waals surface area contributed by atoms with Gasteiger partial charge in [0.15, 0.2) is 18.1 Å². The van der Waals surface area contributed by atoms with Crippen LogP contribution in [0.15, 0.2) is 42.5 Å². The van der Waals surface area contributed by atoms with E-state index in [9.17, 15) is 9.59 Å². The molecule has 2 aliphatic heterocycles. The number of hydrogen-bond donors (Lipinski definition) is 1. The van der Waals surface area contributed by atoms with E-state index in [0.717, 1.165) is 24.8 Å². The molecule has 2 aliphatic rings. The van der Waals surface area contributed by atoms with E-state index in [-0.39, 0.29) is 30.5 Å². The smallest absolute Gasteiger partial charge is 0.260 e. The first-order chi connectivity index (χ1) is 15.5. The molecule has 1 saturated heterocycles. The fourth-order valence-electron chi connectivity index (χ4n) is 4.39. The summed E-state index contributed by atoms with van der Waals surface area (Å²) in [6.07, 6.45) is 3.22. The maximum absolute atomic E-state index is 12.6. The molecular weight excluding hydrogens is 408 g/mol. The minimum absolute atomic E-state index is 0.00140. The molecule has 2 aromatic carbocycles. The molecule has 170 valence electrons. The van der Waals surface area contributed by atoms with Gasteiger partial charge < -0.3 is 24.4 Å². The fraction of sp³-hybridized carbons (Fsp3) is 0.440. The zero-order chi connectivity index (χ0) is 22.5. The third-order valence-corrected chi connectivity index (χ3v) is 6.05. The van der Waals surface area contributed by atoms with Gasteiger partial charge in [-0.05, 0) is 63.4 Å². The van der Waals surface area contributed by atoms with Gasteiger partial charge in [-0.3, -0.25) is 9.59 Å². The molecule has 0 bridgehead atoms. The van der Waals surface area contributed by atoms with Crippen molar-refractivity contribution in [3.8, 4) is 17.2 Å². The molecule has 32 heavy (non-hydrogen) atoms. The number of para-hydroxylation sites is 1. The summed E-state index contributed by atoms with van der Waals surface area (Å²) in [5.74, 6) is 1.76. The number of nitrogens with one attached hydrogen (secondary N) is 1. The molecule has 0 saturated carbocycles. The van der Waals surface area contributed by atoms with Crippen molar-refractivity contribution < 1.29 is 23.8 Å². The standard InChI is InChI=1S/C25H30N2O5/c1-17-5-3-6-18(2)27(17)23(28)16-32-21-11-9-19(10-12-21)25(29)26-15-20-7-4-8-22-24(20)31-14-13-30-22/h4,7-12,17-18H,3,5-6,13-16H2,1-2H3,(H,26,29). The average molecular weight is 439 g/mol. The van der Waals surface area contributed by atoms with E-state index in [0.29, 0.717) is 42.6 Å². The molecule has 7 heteroatoms. The Kier molecular flexibility index (Phi) is 6.83. The number of carbonyl (C=O) groups is 2. The van der Waals surface area contributed by atoms with Crippen LogP contribution < -0.4 is 19.5 Å². The maximum atomic E-state index is 12.6. The number of hydrogen-bond acceptors (Lipinski definition) is 5. The van der Waals surface area contributed by atoms with Gasteiger partial charge in [0.25, 0.3) is 11.8 Å². The third kappa shape index (κ3) is 4.98. The molecule has 0 spiro atoms. The van der Waals surface area contributed by atoms with Gasteiger partial charge in [-0.2, -0.15) is 0 Å². The number of rotatable bonds is 6. The van der Waals surface area contributed by atoms with Crippen LogP contribution in [0.4, 0.5) is 0 Å². The first kappa shape index (κ1) is 22.0. The molecule has 1 N–H and O–H groups in total. The molecule has 2 aromatic rings. The number of nitrogens with zero attached hydrogens (tertiary/aromatic N) is 1. The Balaban J connectivity index is 1.30. The molecule has 4 rings (SSSR count). The van der Waals surface area contributed by atoms with Crippen molar-refractivity contribution in [1.82, 2.24) is 10.2 Å². The van der Waals surface area contributed by atoms with Crippen LogP contribution in [0.25, 0.3) is 0 Å². The van der Waals surface area contributed by atoms with Crippen LogP contribution in [0.5, 0.6) is 17.2 Å². The number of fused-ring (bicyclic) bond motifs is 1. The van der Waals surface area contributed by atoms with Crippen LogP contribution in [-0.4, -0.2) is 48.6 Å². The Morgan fingerprint density at radius 1 is 1.03 bits per heavy atom. The van der Waals surface area contributed by atoms with Crippen molar-refractivity contribution in [3.63, 3.8) is 0 Å². The lowest BCUT2D eigenvalue weighted by Gasteiger charge is -2.38. The topological polar surface area (TPSA) is 77.1 Å². The Labute approximate surface area is 188 Å². The molecule has 7 nitrogen and oxygen atoms in total. The van der Waals surface area contributed by atoms with E-state index < -0.39 is 0 Å². The van der Waals surface area contributed by atoms with Crippen LogP contribution >= 0.6 is 0 Å². The summed E-state index contributed by atoms with van der Waals surface area (Å²) in [6.45, 7) is 5.54. The molecule has 0 aromatic heterocycles. The van der Waals surface area contributed by atoms with E-state index in [4.69, 9.17) is 14.2 Å². The molecule has 1 fully saturated rings. The quantitative estimate of drug-likeness (QED) is 0.746. The van der Waals surface area contributed by atoms with E-state index in [1.165, 1.54) is 0 Å². The summed E-state index contributed by atoms with van der Waals surface area (Å²) in [7, 11) is 0. The molecule has 2 amide bonds. The minimum Gasteiger partial charge on any atom is -0.486 e. The highest BCUT2D eigenvalue weighted by Crippen LogP contribution is 2.33. The van der Waals surface area contributed by atoms with E-state index in [2.05, 4.69) is 19.2 Å². The fourth-order valence-corrected chi connectivity index (χ4v) is 4.39. The van der Waals surface area contributed by atoms with Crippen LogP contribution in [0.3, 0.4) is 0 Å². The lowest BCUT2D eigenvalue weighted by atomic mass is 9.97. The molecule has 2 heterocycles. The maximum Gasteiger partial charge on any atom is 0.260 e. The summed E-state index contributed by atoms with van der Waals surface area (Å²) in [5, 5.41) is 2.91. The van der Waals surface area contributed by atoms with Crippen LogP contribution in [-0.2, 0) is 11.3 Å². The second-order valence-electron chi connectivity index (χ2n) is 8.37. The lowest BCUT2D eigenvalue weighted by Crippen LogP contribution is -2.49. The number of piperidine rings is 1. The van der Waals surface area contributed by atoms with E-state index in [1.54, 1.807) is 24.3 Å². The highest BCUT2D eigenvalue weighted by atomic mass is 16.6. The largest absolute Gasteiger partial charge is 0.486 e. The number of carbonyl (C=O) groups excluding carboxylic acids is 2. The summed E-state index contributed by atoms with van der Waals surface area (Å²) >= 11 is 0. The SMILES string of the molecule is CC1CCCC(C)N1C(=O)COc1ccc(C(=O)NCc2cccc3c2OCCO3)cc1. The number of ether oxygens (including phenoxy) is 3. The number of amides is 2. The number of likely N-dealkylation sites (tertiary alicyclic amines) is 1. The second-order valence-corrected chi connectivity index (χ2v) is 8.37. The van der Waals surface area contributed by atoms with Gasteiger partial charge in [0.2, 0.25) is 0 Å². The van der Waals surface area contributed by atoms with Gasteiger partial charge in [-0.15, -0.1) is 0 Å². The Morgan fingerprint density at radius 2 is 1.75 bits per heavy atom. The van der Waals surface area contributed by atoms with E-state index in [1.807, 2.05) is 23.1 Å². The average Bonchev–Trinajstić information content (AvgIpc) is 2.81. The monoisotopic (exact) mass is 438 g/mol. The van der Waals surface area contributed by atoms with Crippen molar-refractivity contribution in [2.45, 2.75) is 51.7 Å². The van der Waals surface area contributed by atoms with Gasteiger partial charge in [0.1, 0.15) is 19.0 Å². The molecule has 2 unspecified atom stereocenters. The Morgan fingerprint density at radius 3 is 2.50 bits per heavy atom. The van der Waals surface area contributed by atoms with Gasteiger partial charge in [0.05, 0.1) is 0 Å². The third-order valence-electron chi connectivity index (χ3n) is 6.05. The first-order valence-electron chi connectivity index (χ1n) is 11.2. The first-order valence-corrected chi connectivity index (χ1v) is 11.2. The minimum atomic E-state index is -0.196. The van der Waals surface area contributed by atoms with Crippen molar-refractivity contribution in [2.24, 2.45) is 0 Å². The van der Waals surface area contributed by atoms with Crippen molar-refractivity contribution in [2.75, 3.05) is 19.8 Å². The van der Waals surface area contributed by atoms with Crippen LogP contribution in [0.1, 0.15) is 49.0 Å². The highest BCUT2D eigenvalue weighted by Gasteiger charge is 2.29. The van der Waals surface area contributed by atoms with Crippen LogP contribution in [0, 0.1) is 0 Å². The molecule has 0 radical (unpaired) electrons. The van der Waals surface area contributed by atoms with Crippen molar-refractivity contribution in [1.29, 1.82) is 0 Å². The van der Waals surface area contributed by atoms with Gasteiger partial charge in [-0.25, -0.2) is 0 Å². The molecule has 2 atom stereocenters. The number of benzene rings is 2. The molecular formula is C25H30N2O5. The Bertz CT molecular complexity index is 949. The van der Waals surface area contributed by atoms with Crippen molar-refractivity contribution >= 4 is 11.8 Å². The summed E-state index contributed by atoms with van der Waals surface area (Å²) in [4.78, 5) is 27.1. The summed E-state index contributed by atoms with van der Waals surface area (Å²) in [5.41, 5.74) is 1.39. The predicted molar refractivity (Wildman–Crippen MR) is 120 cm³/mol. The summed E-state index contributed by atoms with van der Waals surface area (Å²) in [6, 6.07) is 13.0. The van der Waals surface area contributed by atoms with Crippen molar-refractivity contribution in [3.05, 3.63) is 53.6 Å². The normalized spacial score (nSPS) is 19.9. The lowest BCUT2D eigenvalue weighted by molar-refractivity contribution is -0.139. The molecule has 0 aliphatic carbocycles. The predicted octanol–water partition coefficient (Wildman–Crippen LogP) is 3.56. The van der Waals surface area contributed by atoms with Crippen LogP contribution in [0.2, 0.25) is 0 Å². The zero-order valence-corrected chi connectivity index (χ0v) is 18.6.